The van der Waals surface area contributed by atoms with Crippen LogP contribution >= 0.6 is 23.2 Å². The Hall–Kier alpha value is -3.49. The first-order valence-electron chi connectivity index (χ1n) is 12.9. The second-order valence-corrected chi connectivity index (χ2v) is 11.5. The Morgan fingerprint density at radius 3 is 2.38 bits per heavy atom. The average molecular weight is 569 g/mol. The molecule has 3 heterocycles. The monoisotopic (exact) mass is 567 g/mol. The van der Waals surface area contributed by atoms with Gasteiger partial charge in [0, 0.05) is 49.0 Å². The number of hydrogen-bond donors (Lipinski definition) is 2. The Labute approximate surface area is 237 Å². The van der Waals surface area contributed by atoms with Gasteiger partial charge < -0.3 is 15.1 Å². The summed E-state index contributed by atoms with van der Waals surface area (Å²) in [6.45, 7) is 7.81. The summed E-state index contributed by atoms with van der Waals surface area (Å²) in [5, 5.41) is 6.71. The normalized spacial score (nSPS) is 17.6. The molecule has 1 amide bonds. The lowest BCUT2D eigenvalue weighted by atomic mass is 9.76. The molecule has 1 atom stereocenters. The highest BCUT2D eigenvalue weighted by atomic mass is 35.5. The number of fused-ring (bicyclic) bond motifs is 1. The summed E-state index contributed by atoms with van der Waals surface area (Å²) >= 11 is 12.7. The molecule has 0 spiro atoms. The zero-order chi connectivity index (χ0) is 27.9. The minimum absolute atomic E-state index is 0.209. The smallest absolute Gasteiger partial charge is 0.266 e. The maximum atomic E-state index is 14.3. The van der Waals surface area contributed by atoms with Crippen LogP contribution < -0.4 is 15.8 Å². The Bertz CT molecular complexity index is 1500. The van der Waals surface area contributed by atoms with Crippen molar-refractivity contribution >= 4 is 46.4 Å². The third-order valence-corrected chi connectivity index (χ3v) is 8.37. The summed E-state index contributed by atoms with van der Waals surface area (Å²) in [6, 6.07) is 15.8. The fourth-order valence-electron chi connectivity index (χ4n) is 5.42. The van der Waals surface area contributed by atoms with Crippen LogP contribution in [0.25, 0.3) is 0 Å². The summed E-state index contributed by atoms with van der Waals surface area (Å²) < 4.78 is 1.48. The SMILES string of the molecule is CC1=C(C(=O)N2CCN(c3ccccc3)CC2)C(C(=O)C(C)(C)Cc2cccc(Cl)c2Cl)n2[nH]c(=O)cc2N1. The molecule has 8 nitrogen and oxygen atoms in total. The van der Waals surface area contributed by atoms with Gasteiger partial charge in [-0.3, -0.25) is 24.2 Å². The number of H-pyrrole nitrogens is 1. The van der Waals surface area contributed by atoms with E-state index in [-0.39, 0.29) is 17.2 Å². The lowest BCUT2D eigenvalue weighted by molar-refractivity contribution is -0.134. The summed E-state index contributed by atoms with van der Waals surface area (Å²) in [5.41, 5.74) is 1.44. The molecule has 0 aliphatic carbocycles. The lowest BCUT2D eigenvalue weighted by Gasteiger charge is -2.39. The highest BCUT2D eigenvalue weighted by Crippen LogP contribution is 2.39. The van der Waals surface area contributed by atoms with E-state index >= 15 is 0 Å². The second-order valence-electron chi connectivity index (χ2n) is 10.7. The van der Waals surface area contributed by atoms with Crippen molar-refractivity contribution < 1.29 is 9.59 Å². The highest BCUT2D eigenvalue weighted by molar-refractivity contribution is 6.42. The summed E-state index contributed by atoms with van der Waals surface area (Å²) in [6.07, 6.45) is 0.312. The number of ketones is 1. The van der Waals surface area contributed by atoms with Crippen molar-refractivity contribution in [1.29, 1.82) is 0 Å². The highest BCUT2D eigenvalue weighted by Gasteiger charge is 2.44. The number of nitrogens with zero attached hydrogens (tertiary/aromatic N) is 3. The van der Waals surface area contributed by atoms with Crippen LogP contribution in [0.5, 0.6) is 0 Å². The summed E-state index contributed by atoms with van der Waals surface area (Å²) in [5.74, 6) is 0.0134. The number of allylic oxidation sites excluding steroid dienone is 1. The zero-order valence-corrected chi connectivity index (χ0v) is 23.6. The predicted molar refractivity (Wildman–Crippen MR) is 155 cm³/mol. The topological polar surface area (TPSA) is 90.4 Å². The van der Waals surface area contributed by atoms with Crippen LogP contribution in [0.1, 0.15) is 32.4 Å². The van der Waals surface area contributed by atoms with E-state index in [0.29, 0.717) is 59.7 Å². The number of Topliss-reactive ketones (excluding diaryl/α,β-unsaturated/α-hetero) is 1. The Balaban J connectivity index is 1.45. The largest absolute Gasteiger partial charge is 0.368 e. The number of anilines is 2. The number of aromatic amines is 1. The minimum Gasteiger partial charge on any atom is -0.368 e. The molecule has 0 bridgehead atoms. The van der Waals surface area contributed by atoms with Crippen LogP contribution in [0.15, 0.2) is 70.7 Å². The number of amides is 1. The van der Waals surface area contributed by atoms with Gasteiger partial charge in [0.2, 0.25) is 0 Å². The van der Waals surface area contributed by atoms with Crippen LogP contribution in [0, 0.1) is 5.41 Å². The predicted octanol–water partition coefficient (Wildman–Crippen LogP) is 4.91. The molecule has 1 fully saturated rings. The Morgan fingerprint density at radius 1 is 1.00 bits per heavy atom. The number of halogens is 2. The quantitative estimate of drug-likeness (QED) is 0.441. The molecule has 2 N–H and O–H groups in total. The molecule has 2 aromatic carbocycles. The molecule has 39 heavy (non-hydrogen) atoms. The number of hydrogen-bond acceptors (Lipinski definition) is 5. The van der Waals surface area contributed by atoms with E-state index in [1.807, 2.05) is 38.1 Å². The van der Waals surface area contributed by atoms with Gasteiger partial charge in [0.1, 0.15) is 11.9 Å². The van der Waals surface area contributed by atoms with E-state index < -0.39 is 11.5 Å². The van der Waals surface area contributed by atoms with E-state index in [1.54, 1.807) is 24.0 Å². The molecule has 2 aliphatic heterocycles. The van der Waals surface area contributed by atoms with E-state index in [4.69, 9.17) is 23.2 Å². The maximum Gasteiger partial charge on any atom is 0.266 e. The van der Waals surface area contributed by atoms with Gasteiger partial charge in [0.05, 0.1) is 15.6 Å². The van der Waals surface area contributed by atoms with E-state index in [1.165, 1.54) is 10.7 Å². The van der Waals surface area contributed by atoms with Crippen molar-refractivity contribution in [2.75, 3.05) is 36.4 Å². The van der Waals surface area contributed by atoms with Crippen molar-refractivity contribution in [3.05, 3.63) is 91.8 Å². The van der Waals surface area contributed by atoms with Crippen LogP contribution in [0.4, 0.5) is 11.5 Å². The van der Waals surface area contributed by atoms with E-state index in [0.717, 1.165) is 11.3 Å². The number of para-hydroxylation sites is 1. The van der Waals surface area contributed by atoms with Crippen LogP contribution in [0.3, 0.4) is 0 Å². The Kier molecular flexibility index (Phi) is 7.35. The van der Waals surface area contributed by atoms with Gasteiger partial charge in [0.25, 0.3) is 11.5 Å². The summed E-state index contributed by atoms with van der Waals surface area (Å²) in [7, 11) is 0. The van der Waals surface area contributed by atoms with Gasteiger partial charge in [-0.1, -0.05) is 67.4 Å². The second kappa shape index (κ2) is 10.6. The number of nitrogens with one attached hydrogen (secondary N) is 2. The number of piperazine rings is 1. The molecule has 1 aromatic heterocycles. The third kappa shape index (κ3) is 5.23. The molecule has 0 radical (unpaired) electrons. The molecule has 1 unspecified atom stereocenters. The first-order valence-corrected chi connectivity index (χ1v) is 13.7. The zero-order valence-electron chi connectivity index (χ0n) is 22.1. The van der Waals surface area contributed by atoms with Crippen LogP contribution in [-0.4, -0.2) is 52.5 Å². The van der Waals surface area contributed by atoms with Crippen molar-refractivity contribution in [1.82, 2.24) is 14.7 Å². The van der Waals surface area contributed by atoms with Crippen molar-refractivity contribution in [2.24, 2.45) is 5.41 Å². The number of aromatic nitrogens is 2. The van der Waals surface area contributed by atoms with Crippen molar-refractivity contribution in [3.63, 3.8) is 0 Å². The standard InChI is InChI=1S/C29H31Cl2N5O3/c1-18-24(28(39)35-14-12-34(13-15-35)20-9-5-4-6-10-20)26(36-22(32-18)16-23(37)33-36)27(38)29(2,3)17-19-8-7-11-21(30)25(19)31/h4-11,16,26,32H,12-15,17H2,1-3H3,(H,33,37). The maximum absolute atomic E-state index is 14.3. The molecule has 10 heteroatoms. The van der Waals surface area contributed by atoms with Crippen molar-refractivity contribution in [3.8, 4) is 0 Å². The number of benzene rings is 2. The molecule has 2 aliphatic rings. The third-order valence-electron chi connectivity index (χ3n) is 7.51. The van der Waals surface area contributed by atoms with Gasteiger partial charge in [-0.2, -0.15) is 0 Å². The first kappa shape index (κ1) is 27.1. The Morgan fingerprint density at radius 2 is 1.69 bits per heavy atom. The van der Waals surface area contributed by atoms with E-state index in [2.05, 4.69) is 27.4 Å². The van der Waals surface area contributed by atoms with E-state index in [9.17, 15) is 14.4 Å². The average Bonchev–Trinajstić information content (AvgIpc) is 3.29. The first-order chi connectivity index (χ1) is 18.6. The summed E-state index contributed by atoms with van der Waals surface area (Å²) in [4.78, 5) is 44.7. The number of carbonyl (C=O) groups is 2. The van der Waals surface area contributed by atoms with Crippen molar-refractivity contribution in [2.45, 2.75) is 33.2 Å². The van der Waals surface area contributed by atoms with Crippen LogP contribution in [-0.2, 0) is 16.0 Å². The molecular weight excluding hydrogens is 537 g/mol. The molecule has 5 rings (SSSR count). The fourth-order valence-corrected chi connectivity index (χ4v) is 5.81. The lowest BCUT2D eigenvalue weighted by Crippen LogP contribution is -2.51. The number of rotatable bonds is 6. The van der Waals surface area contributed by atoms with Crippen LogP contribution in [0.2, 0.25) is 10.0 Å². The molecule has 1 saturated heterocycles. The van der Waals surface area contributed by atoms with Gasteiger partial charge in [-0.25, -0.2) is 0 Å². The van der Waals surface area contributed by atoms with Gasteiger partial charge >= 0.3 is 0 Å². The number of carbonyl (C=O) groups excluding carboxylic acids is 2. The minimum atomic E-state index is -1.00. The van der Waals surface area contributed by atoms with Gasteiger partial charge in [-0.05, 0) is 37.1 Å². The molecule has 3 aromatic rings. The molecule has 0 saturated carbocycles. The van der Waals surface area contributed by atoms with Gasteiger partial charge in [0.15, 0.2) is 5.78 Å². The molecular formula is C29H31Cl2N5O3. The fraction of sp³-hybridized carbons (Fsp3) is 0.345. The molecule has 204 valence electrons. The van der Waals surface area contributed by atoms with Gasteiger partial charge in [-0.15, -0.1) is 0 Å².